The molecule has 1 fully saturated rings. The summed E-state index contributed by atoms with van der Waals surface area (Å²) >= 11 is 0. The van der Waals surface area contributed by atoms with Crippen molar-refractivity contribution in [2.75, 3.05) is 27.4 Å². The topological polar surface area (TPSA) is 107 Å². The number of hydrogen-bond acceptors (Lipinski definition) is 8. The molecule has 0 aromatic heterocycles. The van der Waals surface area contributed by atoms with Crippen LogP contribution in [0.15, 0.2) is 48.5 Å². The van der Waals surface area contributed by atoms with Gasteiger partial charge in [0.05, 0.1) is 52.7 Å². The van der Waals surface area contributed by atoms with E-state index >= 15 is 0 Å². The van der Waals surface area contributed by atoms with Gasteiger partial charge < -0.3 is 33.9 Å². The minimum Gasteiger partial charge on any atom is -0.497 e. The molecular formula is C27H37NO8. The van der Waals surface area contributed by atoms with Gasteiger partial charge in [-0.2, -0.15) is 0 Å². The maximum Gasteiger partial charge on any atom is 0.411 e. The summed E-state index contributed by atoms with van der Waals surface area (Å²) in [6.45, 7) is 5.40. The Bertz CT molecular complexity index is 957. The van der Waals surface area contributed by atoms with Crippen molar-refractivity contribution in [3.63, 3.8) is 0 Å². The summed E-state index contributed by atoms with van der Waals surface area (Å²) in [5, 5.41) is 21.1. The third-order valence-electron chi connectivity index (χ3n) is 5.93. The zero-order chi connectivity index (χ0) is 26.3. The number of rotatable bonds is 10. The largest absolute Gasteiger partial charge is 0.497 e. The molecule has 9 nitrogen and oxygen atoms in total. The fourth-order valence-electron chi connectivity index (χ4n) is 4.12. The molecular weight excluding hydrogens is 466 g/mol. The number of aliphatic hydroxyl groups is 2. The number of nitrogens with zero attached hydrogens (tertiary/aromatic N) is 1. The minimum absolute atomic E-state index is 0.0755. The van der Waals surface area contributed by atoms with E-state index in [0.29, 0.717) is 0 Å². The summed E-state index contributed by atoms with van der Waals surface area (Å²) in [6.07, 6.45) is -2.57. The van der Waals surface area contributed by atoms with Crippen molar-refractivity contribution in [2.45, 2.75) is 63.9 Å². The average Bonchev–Trinajstić information content (AvgIpc) is 3.12. The standard InChI is InChI=1S/C27H37NO8/c1-27(2,3)36-26(31)28-22(14-29)24(30)25(35-16-19-8-12-21(33-5)13-9-19)23(28)17-34-15-18-6-10-20(32-4)11-7-18/h6-13,22-25,29-30H,14-17H2,1-5H3/t22-,23-,24-,25+/m1/s1. The van der Waals surface area contributed by atoms with Crippen LogP contribution in [0.4, 0.5) is 4.79 Å². The molecule has 1 amide bonds. The van der Waals surface area contributed by atoms with Crippen LogP contribution in [-0.2, 0) is 27.4 Å². The first kappa shape index (κ1) is 27.7. The van der Waals surface area contributed by atoms with Crippen LogP contribution < -0.4 is 9.47 Å². The van der Waals surface area contributed by atoms with Gasteiger partial charge in [-0.15, -0.1) is 0 Å². The highest BCUT2D eigenvalue weighted by Gasteiger charge is 2.52. The van der Waals surface area contributed by atoms with Crippen LogP contribution in [-0.4, -0.2) is 78.5 Å². The molecule has 2 aromatic carbocycles. The molecule has 0 aliphatic carbocycles. The monoisotopic (exact) mass is 503 g/mol. The first-order valence-electron chi connectivity index (χ1n) is 11.9. The van der Waals surface area contributed by atoms with Crippen molar-refractivity contribution in [3.05, 3.63) is 59.7 Å². The highest BCUT2D eigenvalue weighted by Crippen LogP contribution is 2.31. The molecule has 1 saturated heterocycles. The van der Waals surface area contributed by atoms with Crippen molar-refractivity contribution >= 4 is 6.09 Å². The molecule has 0 unspecified atom stereocenters. The van der Waals surface area contributed by atoms with Gasteiger partial charge in [0.15, 0.2) is 0 Å². The van der Waals surface area contributed by atoms with E-state index in [2.05, 4.69) is 0 Å². The molecule has 2 N–H and O–H groups in total. The lowest BCUT2D eigenvalue weighted by Crippen LogP contribution is -2.49. The Morgan fingerprint density at radius 1 is 0.889 bits per heavy atom. The smallest absolute Gasteiger partial charge is 0.411 e. The average molecular weight is 504 g/mol. The van der Waals surface area contributed by atoms with Crippen LogP contribution in [0.25, 0.3) is 0 Å². The Morgan fingerprint density at radius 3 is 1.89 bits per heavy atom. The second kappa shape index (κ2) is 12.4. The van der Waals surface area contributed by atoms with Gasteiger partial charge >= 0.3 is 6.09 Å². The minimum atomic E-state index is -1.13. The normalized spacial score (nSPS) is 21.9. The number of methoxy groups -OCH3 is 2. The molecule has 198 valence electrons. The molecule has 4 atom stereocenters. The Balaban J connectivity index is 1.77. The number of carbonyl (C=O) groups is 1. The molecule has 1 aliphatic heterocycles. The lowest BCUT2D eigenvalue weighted by atomic mass is 10.1. The van der Waals surface area contributed by atoms with E-state index in [1.54, 1.807) is 35.0 Å². The fourth-order valence-corrected chi connectivity index (χ4v) is 4.12. The van der Waals surface area contributed by atoms with E-state index in [-0.39, 0.29) is 19.8 Å². The second-order valence-electron chi connectivity index (χ2n) is 9.68. The van der Waals surface area contributed by atoms with E-state index in [9.17, 15) is 15.0 Å². The van der Waals surface area contributed by atoms with Gasteiger partial charge in [0.25, 0.3) is 0 Å². The summed E-state index contributed by atoms with van der Waals surface area (Å²) in [7, 11) is 3.20. The number of likely N-dealkylation sites (tertiary alicyclic amines) is 1. The number of amides is 1. The van der Waals surface area contributed by atoms with Crippen LogP contribution in [0.5, 0.6) is 11.5 Å². The lowest BCUT2D eigenvalue weighted by molar-refractivity contribution is -0.0585. The van der Waals surface area contributed by atoms with Gasteiger partial charge in [-0.25, -0.2) is 4.79 Å². The number of carbonyl (C=O) groups excluding carboxylic acids is 1. The van der Waals surface area contributed by atoms with Crippen molar-refractivity contribution in [1.29, 1.82) is 0 Å². The number of ether oxygens (including phenoxy) is 5. The number of aliphatic hydroxyl groups excluding tert-OH is 2. The molecule has 0 spiro atoms. The molecule has 2 aromatic rings. The van der Waals surface area contributed by atoms with Crippen LogP contribution >= 0.6 is 0 Å². The molecule has 9 heteroatoms. The van der Waals surface area contributed by atoms with Gasteiger partial charge in [-0.05, 0) is 56.2 Å². The molecule has 1 heterocycles. The fraction of sp³-hybridized carbons (Fsp3) is 0.519. The highest BCUT2D eigenvalue weighted by molar-refractivity contribution is 5.70. The maximum absolute atomic E-state index is 13.1. The summed E-state index contributed by atoms with van der Waals surface area (Å²) in [5.74, 6) is 1.47. The molecule has 0 bridgehead atoms. The number of hydrogen-bond donors (Lipinski definition) is 2. The molecule has 0 radical (unpaired) electrons. The maximum atomic E-state index is 13.1. The highest BCUT2D eigenvalue weighted by atomic mass is 16.6. The SMILES string of the molecule is COc1ccc(COC[C@@H]2[C@H](OCc3ccc(OC)cc3)[C@H](O)[C@@H](CO)N2C(=O)OC(C)(C)C)cc1. The predicted molar refractivity (Wildman–Crippen MR) is 133 cm³/mol. The van der Waals surface area contributed by atoms with E-state index < -0.39 is 42.6 Å². The molecule has 3 rings (SSSR count). The zero-order valence-corrected chi connectivity index (χ0v) is 21.5. The van der Waals surface area contributed by atoms with Crippen molar-refractivity contribution < 1.29 is 38.7 Å². The Morgan fingerprint density at radius 2 is 1.42 bits per heavy atom. The van der Waals surface area contributed by atoms with Crippen LogP contribution in [0.1, 0.15) is 31.9 Å². The summed E-state index contributed by atoms with van der Waals surface area (Å²) in [6, 6.07) is 13.3. The second-order valence-corrected chi connectivity index (χ2v) is 9.68. The number of benzene rings is 2. The lowest BCUT2D eigenvalue weighted by Gasteiger charge is -2.32. The van der Waals surface area contributed by atoms with E-state index in [4.69, 9.17) is 23.7 Å². The molecule has 0 saturated carbocycles. The molecule has 36 heavy (non-hydrogen) atoms. The molecule has 1 aliphatic rings. The zero-order valence-electron chi connectivity index (χ0n) is 21.5. The first-order valence-corrected chi connectivity index (χ1v) is 11.9. The van der Waals surface area contributed by atoms with Gasteiger partial charge in [-0.3, -0.25) is 4.90 Å². The van der Waals surface area contributed by atoms with Crippen molar-refractivity contribution in [3.8, 4) is 11.5 Å². The predicted octanol–water partition coefficient (Wildman–Crippen LogP) is 3.15. The van der Waals surface area contributed by atoms with Gasteiger partial charge in [0, 0.05) is 0 Å². The van der Waals surface area contributed by atoms with Gasteiger partial charge in [0.2, 0.25) is 0 Å². The summed E-state index contributed by atoms with van der Waals surface area (Å²) < 4.78 is 28.0. The van der Waals surface area contributed by atoms with Gasteiger partial charge in [-0.1, -0.05) is 24.3 Å². The Labute approximate surface area is 212 Å². The van der Waals surface area contributed by atoms with Gasteiger partial charge in [0.1, 0.15) is 29.3 Å². The summed E-state index contributed by atoms with van der Waals surface area (Å²) in [5.41, 5.74) is 1.04. The van der Waals surface area contributed by atoms with E-state index in [1.807, 2.05) is 48.5 Å². The first-order chi connectivity index (χ1) is 17.2. The summed E-state index contributed by atoms with van der Waals surface area (Å²) in [4.78, 5) is 14.5. The van der Waals surface area contributed by atoms with Crippen molar-refractivity contribution in [1.82, 2.24) is 4.90 Å². The van der Waals surface area contributed by atoms with E-state index in [1.165, 1.54) is 4.90 Å². The third-order valence-corrected chi connectivity index (χ3v) is 5.93. The third kappa shape index (κ3) is 7.10. The van der Waals surface area contributed by atoms with Crippen LogP contribution in [0.2, 0.25) is 0 Å². The van der Waals surface area contributed by atoms with E-state index in [0.717, 1.165) is 22.6 Å². The van der Waals surface area contributed by atoms with Crippen LogP contribution in [0, 0.1) is 0 Å². The Kier molecular flexibility index (Phi) is 9.56. The van der Waals surface area contributed by atoms with Crippen LogP contribution in [0.3, 0.4) is 0 Å². The van der Waals surface area contributed by atoms with Crippen molar-refractivity contribution in [2.24, 2.45) is 0 Å². The Hall–Kier alpha value is -2.85. The quantitative estimate of drug-likeness (QED) is 0.509.